The Morgan fingerprint density at radius 1 is 0.441 bits per heavy atom. The fourth-order valence-electron chi connectivity index (χ4n) is 6.25. The van der Waals surface area contributed by atoms with E-state index in [4.69, 9.17) is 0 Å². The van der Waals surface area contributed by atoms with E-state index in [0.29, 0.717) is 12.1 Å². The maximum atomic E-state index is 15.6. The maximum Gasteiger partial charge on any atom is 0.419 e. The van der Waals surface area contributed by atoms with Gasteiger partial charge in [0.2, 0.25) is 0 Å². The molecule has 59 heavy (non-hydrogen) atoms. The van der Waals surface area contributed by atoms with Crippen LogP contribution in [0.25, 0.3) is 44.3 Å². The van der Waals surface area contributed by atoms with Gasteiger partial charge in [-0.3, -0.25) is 9.97 Å². The number of alkyl halides is 15. The fourth-order valence-corrected chi connectivity index (χ4v) is 6.25. The van der Waals surface area contributed by atoms with Gasteiger partial charge in [0, 0.05) is 46.7 Å². The number of rotatable bonds is 4. The van der Waals surface area contributed by atoms with Gasteiger partial charge in [0.05, 0.1) is 62.6 Å². The van der Waals surface area contributed by atoms with Crippen LogP contribution in [-0.4, -0.2) is 29.9 Å². The average Bonchev–Trinajstić information content (AvgIpc) is 3.67. The fraction of sp³-hybridized carbons (Fsp3) is 0.167. The van der Waals surface area contributed by atoms with Crippen molar-refractivity contribution in [2.24, 2.45) is 9.98 Å². The Bertz CT molecular complexity index is 2830. The molecule has 4 heterocycles. The molecule has 0 aliphatic heterocycles. The van der Waals surface area contributed by atoms with Gasteiger partial charge in [-0.05, 0) is 48.9 Å². The summed E-state index contributed by atoms with van der Waals surface area (Å²) in [5.74, 6) is -1.24. The van der Waals surface area contributed by atoms with Crippen molar-refractivity contribution in [1.82, 2.24) is 29.9 Å². The standard InChI is InChI=1S/C36H15F15N8/c1-14-6-15(8-17(7-14)32(37,38)39)26-30(56-20-12-52-2-4-54-20)22-24(35(46,47)48)29-23(25(28(22)58-26)36(49,50)51)31(57-21-13-53-3-5-55-21)27(59-29)16-9-18(33(40,41)42)11-19(10-16)34(43,44)45/h2-13H,1H3. The van der Waals surface area contributed by atoms with Gasteiger partial charge in [0.25, 0.3) is 0 Å². The molecule has 0 fully saturated rings. The highest BCUT2D eigenvalue weighted by atomic mass is 19.4. The highest BCUT2D eigenvalue weighted by molar-refractivity contribution is 6.07. The lowest BCUT2D eigenvalue weighted by Gasteiger charge is -2.14. The first-order chi connectivity index (χ1) is 27.3. The van der Waals surface area contributed by atoms with Crippen LogP contribution in [-0.2, 0) is 30.9 Å². The molecular weight excluding hydrogens is 829 g/mol. The molecule has 0 saturated heterocycles. The predicted molar refractivity (Wildman–Crippen MR) is 175 cm³/mol. The van der Waals surface area contributed by atoms with Crippen LogP contribution in [0.2, 0.25) is 0 Å². The lowest BCUT2D eigenvalue weighted by atomic mass is 9.97. The van der Waals surface area contributed by atoms with E-state index in [0.717, 1.165) is 50.2 Å². The number of nitrogens with zero attached hydrogens (tertiary/aromatic N) is 8. The van der Waals surface area contributed by atoms with Gasteiger partial charge in [-0.25, -0.2) is 29.9 Å². The van der Waals surface area contributed by atoms with Crippen LogP contribution in [0.5, 0.6) is 0 Å². The molecule has 0 aliphatic carbocycles. The largest absolute Gasteiger partial charge is 0.419 e. The molecule has 23 heteroatoms. The predicted octanol–water partition coefficient (Wildman–Crippen LogP) is 10.4. The number of benzene rings is 3. The minimum atomic E-state index is -5.81. The summed E-state index contributed by atoms with van der Waals surface area (Å²) in [6.45, 7) is 1.15. The summed E-state index contributed by atoms with van der Waals surface area (Å²) in [5.41, 5.74) is -17.2. The molecule has 7 rings (SSSR count). The minimum Gasteiger partial charge on any atom is -0.259 e. The SMILES string of the molecule is Cc1cc(-c2nc3c(C(F)(F)F)c4c(=Nc5cnccn5)c(-c5cc(C(F)(F)F)cc(C(F)(F)F)c5)nc4c(C(F)(F)F)c3c2=Nc2cnccn2)cc(C(F)(F)F)c1. The van der Waals surface area contributed by atoms with E-state index in [2.05, 4.69) is 39.9 Å². The van der Waals surface area contributed by atoms with Crippen LogP contribution in [0.3, 0.4) is 0 Å². The van der Waals surface area contributed by atoms with E-state index in [-0.39, 0.29) is 23.8 Å². The van der Waals surface area contributed by atoms with E-state index < -0.39 is 125 Å². The number of halogens is 15. The monoisotopic (exact) mass is 844 g/mol. The van der Waals surface area contributed by atoms with Crippen molar-refractivity contribution in [3.05, 3.63) is 118 Å². The molecule has 0 radical (unpaired) electrons. The summed E-state index contributed by atoms with van der Waals surface area (Å²) in [7, 11) is 0. The Balaban J connectivity index is 1.79. The van der Waals surface area contributed by atoms with E-state index in [1.807, 2.05) is 0 Å². The molecule has 0 atom stereocenters. The second-order valence-electron chi connectivity index (χ2n) is 12.5. The molecule has 0 unspecified atom stereocenters. The van der Waals surface area contributed by atoms with Gasteiger partial charge in [-0.1, -0.05) is 0 Å². The van der Waals surface area contributed by atoms with Gasteiger partial charge in [0.15, 0.2) is 11.6 Å². The highest BCUT2D eigenvalue weighted by Gasteiger charge is 2.46. The number of hydrogen-bond donors (Lipinski definition) is 0. The van der Waals surface area contributed by atoms with Gasteiger partial charge in [-0.15, -0.1) is 0 Å². The lowest BCUT2D eigenvalue weighted by molar-refractivity contribution is -0.143. The third-order valence-electron chi connectivity index (χ3n) is 8.47. The molecule has 0 saturated carbocycles. The second kappa shape index (κ2) is 13.8. The third kappa shape index (κ3) is 7.75. The number of aromatic nitrogens is 6. The Hall–Kier alpha value is -6.55. The van der Waals surface area contributed by atoms with Gasteiger partial charge in [0.1, 0.15) is 10.7 Å². The maximum absolute atomic E-state index is 15.6. The van der Waals surface area contributed by atoms with Crippen molar-refractivity contribution in [1.29, 1.82) is 0 Å². The highest BCUT2D eigenvalue weighted by Crippen LogP contribution is 2.47. The smallest absolute Gasteiger partial charge is 0.259 e. The van der Waals surface area contributed by atoms with Crippen molar-refractivity contribution in [2.75, 3.05) is 0 Å². The van der Waals surface area contributed by atoms with E-state index >= 15 is 26.3 Å². The van der Waals surface area contributed by atoms with Crippen LogP contribution >= 0.6 is 0 Å². The first-order valence-corrected chi connectivity index (χ1v) is 16.1. The molecule has 8 nitrogen and oxygen atoms in total. The molecule has 7 aromatic rings. The molecule has 3 aromatic carbocycles. The summed E-state index contributed by atoms with van der Waals surface area (Å²) in [4.78, 5) is 30.1. The molecular formula is C36H15F15N8. The molecule has 0 aliphatic rings. The Kier molecular flexibility index (Phi) is 9.50. The molecule has 0 spiro atoms. The van der Waals surface area contributed by atoms with Crippen molar-refractivity contribution in [2.45, 2.75) is 37.8 Å². The zero-order chi connectivity index (χ0) is 43.0. The van der Waals surface area contributed by atoms with Crippen LogP contribution in [0, 0.1) is 6.92 Å². The third-order valence-corrected chi connectivity index (χ3v) is 8.47. The molecule has 0 N–H and O–H groups in total. The summed E-state index contributed by atoms with van der Waals surface area (Å²) in [5, 5.41) is -5.57. The van der Waals surface area contributed by atoms with Crippen LogP contribution in [0.1, 0.15) is 33.4 Å². The number of hydrogen-bond acceptors (Lipinski definition) is 8. The van der Waals surface area contributed by atoms with Crippen LogP contribution < -0.4 is 10.7 Å². The quantitative estimate of drug-likeness (QED) is 0.164. The van der Waals surface area contributed by atoms with E-state index in [1.165, 1.54) is 0 Å². The average molecular weight is 845 g/mol. The first kappa shape index (κ1) is 40.6. The first-order valence-electron chi connectivity index (χ1n) is 16.1. The summed E-state index contributed by atoms with van der Waals surface area (Å²) >= 11 is 0. The number of fused-ring (bicyclic) bond motifs is 2. The molecule has 4 aromatic heterocycles. The van der Waals surface area contributed by atoms with E-state index in [9.17, 15) is 39.5 Å². The van der Waals surface area contributed by atoms with Crippen LogP contribution in [0.15, 0.2) is 83.6 Å². The van der Waals surface area contributed by atoms with Gasteiger partial charge >= 0.3 is 30.9 Å². The Morgan fingerprint density at radius 2 is 0.814 bits per heavy atom. The molecule has 0 bridgehead atoms. The zero-order valence-electron chi connectivity index (χ0n) is 28.7. The molecule has 0 amide bonds. The second-order valence-corrected chi connectivity index (χ2v) is 12.5. The van der Waals surface area contributed by atoms with Crippen LogP contribution in [0.4, 0.5) is 77.5 Å². The normalized spacial score (nSPS) is 14.0. The van der Waals surface area contributed by atoms with Gasteiger partial charge < -0.3 is 0 Å². The molecule has 304 valence electrons. The Morgan fingerprint density at radius 3 is 1.15 bits per heavy atom. The van der Waals surface area contributed by atoms with Gasteiger partial charge in [-0.2, -0.15) is 65.9 Å². The summed E-state index contributed by atoms with van der Waals surface area (Å²) in [6, 6.07) is 1.74. The minimum absolute atomic E-state index is 0.0214. The summed E-state index contributed by atoms with van der Waals surface area (Å²) < 4.78 is 219. The van der Waals surface area contributed by atoms with Crippen molar-refractivity contribution < 1.29 is 65.9 Å². The zero-order valence-corrected chi connectivity index (χ0v) is 28.7. The Labute approximate surface area is 317 Å². The van der Waals surface area contributed by atoms with Crippen molar-refractivity contribution in [3.63, 3.8) is 0 Å². The topological polar surface area (TPSA) is 102 Å². The van der Waals surface area contributed by atoms with Crippen molar-refractivity contribution in [3.8, 4) is 22.5 Å². The van der Waals surface area contributed by atoms with E-state index in [1.54, 1.807) is 0 Å². The van der Waals surface area contributed by atoms with Crippen molar-refractivity contribution >= 4 is 33.4 Å². The number of aryl methyl sites for hydroxylation is 1. The lowest BCUT2D eigenvalue weighted by Crippen LogP contribution is -2.17. The summed E-state index contributed by atoms with van der Waals surface area (Å²) in [6.07, 6.45) is -22.1.